The topological polar surface area (TPSA) is 77.6 Å². The Morgan fingerprint density at radius 1 is 1.32 bits per heavy atom. The van der Waals surface area contributed by atoms with Gasteiger partial charge in [-0.05, 0) is 57.8 Å². The molecular formula is C18H27N5O2. The van der Waals surface area contributed by atoms with Gasteiger partial charge in [-0.15, -0.1) is 0 Å². The van der Waals surface area contributed by atoms with Crippen LogP contribution in [0, 0.1) is 5.92 Å². The second kappa shape index (κ2) is 7.39. The molecule has 2 aliphatic heterocycles. The number of hydrogen-bond donors (Lipinski definition) is 2. The second-order valence-electron chi connectivity index (χ2n) is 7.42. The molecule has 1 unspecified atom stereocenters. The summed E-state index contributed by atoms with van der Waals surface area (Å²) in [5.41, 5.74) is -0.771. The Bertz CT molecular complexity index is 619. The van der Waals surface area contributed by atoms with Crippen molar-refractivity contribution in [1.29, 1.82) is 0 Å². The highest BCUT2D eigenvalue weighted by molar-refractivity contribution is 6.06. The minimum absolute atomic E-state index is 0.128. The van der Waals surface area contributed by atoms with E-state index in [1.807, 2.05) is 18.2 Å². The Hall–Kier alpha value is -2.15. The van der Waals surface area contributed by atoms with Gasteiger partial charge in [0.25, 0.3) is 5.91 Å². The number of rotatable bonds is 7. The third-order valence-corrected chi connectivity index (χ3v) is 4.91. The monoisotopic (exact) mass is 345 g/mol. The van der Waals surface area contributed by atoms with Crippen LogP contribution in [-0.2, 0) is 4.79 Å². The van der Waals surface area contributed by atoms with E-state index in [2.05, 4.69) is 20.5 Å². The summed E-state index contributed by atoms with van der Waals surface area (Å²) < 4.78 is 0. The first-order chi connectivity index (χ1) is 12.0. The highest BCUT2D eigenvalue weighted by Gasteiger charge is 2.43. The first kappa shape index (κ1) is 17.7. The third kappa shape index (κ3) is 4.28. The number of urea groups is 1. The zero-order valence-electron chi connectivity index (χ0n) is 15.0. The van der Waals surface area contributed by atoms with E-state index in [1.165, 1.54) is 4.90 Å². The van der Waals surface area contributed by atoms with Crippen LogP contribution in [0.15, 0.2) is 24.4 Å². The van der Waals surface area contributed by atoms with Gasteiger partial charge in [0, 0.05) is 25.8 Å². The number of amides is 3. The molecule has 1 aromatic heterocycles. The molecule has 0 aliphatic carbocycles. The molecule has 7 heteroatoms. The Balaban J connectivity index is 1.36. The zero-order chi connectivity index (χ0) is 17.9. The van der Waals surface area contributed by atoms with Gasteiger partial charge < -0.3 is 15.5 Å². The number of hydrogen-bond acceptors (Lipinski definition) is 5. The normalized spacial score (nSPS) is 23.1. The van der Waals surface area contributed by atoms with Crippen molar-refractivity contribution in [2.24, 2.45) is 5.92 Å². The van der Waals surface area contributed by atoms with Gasteiger partial charge in [0.1, 0.15) is 11.4 Å². The van der Waals surface area contributed by atoms with Crippen molar-refractivity contribution in [3.05, 3.63) is 24.4 Å². The largest absolute Gasteiger partial charge is 0.370 e. The lowest BCUT2D eigenvalue weighted by Gasteiger charge is -2.19. The summed E-state index contributed by atoms with van der Waals surface area (Å²) in [6, 6.07) is 5.60. The zero-order valence-corrected chi connectivity index (χ0v) is 15.0. The number of carbonyl (C=O) groups is 2. The minimum Gasteiger partial charge on any atom is -0.370 e. The second-order valence-corrected chi connectivity index (χ2v) is 7.42. The van der Waals surface area contributed by atoms with Crippen LogP contribution in [0.25, 0.3) is 0 Å². The number of imide groups is 1. The molecule has 0 spiro atoms. The molecule has 3 amide bonds. The molecule has 2 N–H and O–H groups in total. The van der Waals surface area contributed by atoms with E-state index in [1.54, 1.807) is 20.0 Å². The van der Waals surface area contributed by atoms with Crippen LogP contribution in [0.2, 0.25) is 0 Å². The summed E-state index contributed by atoms with van der Waals surface area (Å²) in [7, 11) is 0. The summed E-state index contributed by atoms with van der Waals surface area (Å²) >= 11 is 0. The molecule has 1 atom stereocenters. The van der Waals surface area contributed by atoms with Gasteiger partial charge in [0.15, 0.2) is 0 Å². The highest BCUT2D eigenvalue weighted by atomic mass is 16.2. The molecule has 3 heterocycles. The summed E-state index contributed by atoms with van der Waals surface area (Å²) in [6.07, 6.45) is 3.77. The molecule has 0 aromatic carbocycles. The van der Waals surface area contributed by atoms with Gasteiger partial charge in [-0.25, -0.2) is 9.78 Å². The third-order valence-electron chi connectivity index (χ3n) is 4.91. The molecule has 2 saturated heterocycles. The Morgan fingerprint density at radius 3 is 2.84 bits per heavy atom. The van der Waals surface area contributed by atoms with Crippen LogP contribution < -0.4 is 10.6 Å². The molecule has 0 radical (unpaired) electrons. The molecule has 7 nitrogen and oxygen atoms in total. The fourth-order valence-corrected chi connectivity index (χ4v) is 3.47. The van der Waals surface area contributed by atoms with E-state index >= 15 is 0 Å². The number of pyridine rings is 1. The first-order valence-corrected chi connectivity index (χ1v) is 8.97. The van der Waals surface area contributed by atoms with Crippen LogP contribution in [-0.4, -0.2) is 65.0 Å². The van der Waals surface area contributed by atoms with E-state index < -0.39 is 5.54 Å². The van der Waals surface area contributed by atoms with E-state index in [4.69, 9.17) is 0 Å². The smallest absolute Gasteiger partial charge is 0.325 e. The highest BCUT2D eigenvalue weighted by Crippen LogP contribution is 2.19. The van der Waals surface area contributed by atoms with Gasteiger partial charge in [-0.2, -0.15) is 0 Å². The van der Waals surface area contributed by atoms with Crippen molar-refractivity contribution in [3.8, 4) is 0 Å². The Kier molecular flexibility index (Phi) is 5.22. The van der Waals surface area contributed by atoms with Gasteiger partial charge in [0.05, 0.1) is 0 Å². The number of nitrogens with zero attached hydrogens (tertiary/aromatic N) is 3. The molecule has 25 heavy (non-hydrogen) atoms. The van der Waals surface area contributed by atoms with Crippen LogP contribution >= 0.6 is 0 Å². The van der Waals surface area contributed by atoms with Gasteiger partial charge in [-0.1, -0.05) is 6.07 Å². The average Bonchev–Trinajstić information content (AvgIpc) is 3.11. The molecule has 2 fully saturated rings. The van der Waals surface area contributed by atoms with Crippen molar-refractivity contribution in [2.75, 3.05) is 38.0 Å². The molecule has 1 aromatic rings. The van der Waals surface area contributed by atoms with Gasteiger partial charge >= 0.3 is 6.03 Å². The lowest BCUT2D eigenvalue weighted by Crippen LogP contribution is -2.40. The molecular weight excluding hydrogens is 318 g/mol. The van der Waals surface area contributed by atoms with Crippen LogP contribution in [0.5, 0.6) is 0 Å². The van der Waals surface area contributed by atoms with Crippen LogP contribution in [0.1, 0.15) is 26.7 Å². The quantitative estimate of drug-likeness (QED) is 0.733. The fraction of sp³-hybridized carbons (Fsp3) is 0.611. The summed E-state index contributed by atoms with van der Waals surface area (Å²) in [6.45, 7) is 7.93. The van der Waals surface area contributed by atoms with Crippen molar-refractivity contribution >= 4 is 17.8 Å². The van der Waals surface area contributed by atoms with Crippen LogP contribution in [0.4, 0.5) is 10.6 Å². The van der Waals surface area contributed by atoms with E-state index in [9.17, 15) is 9.59 Å². The molecule has 0 bridgehead atoms. The maximum atomic E-state index is 12.2. The number of aromatic nitrogens is 1. The number of carbonyl (C=O) groups excluding carboxylic acids is 2. The van der Waals surface area contributed by atoms with Crippen molar-refractivity contribution < 1.29 is 9.59 Å². The molecule has 0 saturated carbocycles. The minimum atomic E-state index is -0.771. The maximum Gasteiger partial charge on any atom is 0.325 e. The number of nitrogens with one attached hydrogen (secondary N) is 2. The summed E-state index contributed by atoms with van der Waals surface area (Å²) in [4.78, 5) is 32.0. The maximum absolute atomic E-state index is 12.2. The van der Waals surface area contributed by atoms with Gasteiger partial charge in [-0.3, -0.25) is 9.69 Å². The van der Waals surface area contributed by atoms with E-state index in [0.29, 0.717) is 12.5 Å². The van der Waals surface area contributed by atoms with Crippen molar-refractivity contribution in [3.63, 3.8) is 0 Å². The predicted octanol–water partition coefficient (Wildman–Crippen LogP) is 1.54. The van der Waals surface area contributed by atoms with E-state index in [0.717, 1.165) is 44.8 Å². The summed E-state index contributed by atoms with van der Waals surface area (Å²) in [5, 5.41) is 6.11. The fourth-order valence-electron chi connectivity index (χ4n) is 3.47. The van der Waals surface area contributed by atoms with Gasteiger partial charge in [0.2, 0.25) is 0 Å². The van der Waals surface area contributed by atoms with E-state index in [-0.39, 0.29) is 11.9 Å². The number of likely N-dealkylation sites (tertiary alicyclic amines) is 1. The SMILES string of the molecule is CC1(C)NC(=O)N(CCCN2CCC(CNc3ccccn3)C2)C1=O. The molecule has 3 rings (SSSR count). The first-order valence-electron chi connectivity index (χ1n) is 8.97. The number of anilines is 1. The Labute approximate surface area is 148 Å². The van der Waals surface area contributed by atoms with Crippen molar-refractivity contribution in [2.45, 2.75) is 32.2 Å². The predicted molar refractivity (Wildman–Crippen MR) is 96.2 cm³/mol. The lowest BCUT2D eigenvalue weighted by molar-refractivity contribution is -0.130. The van der Waals surface area contributed by atoms with Crippen molar-refractivity contribution in [1.82, 2.24) is 20.1 Å². The Morgan fingerprint density at radius 2 is 2.16 bits per heavy atom. The lowest BCUT2D eigenvalue weighted by atomic mass is 10.1. The summed E-state index contributed by atoms with van der Waals surface area (Å²) in [5.74, 6) is 1.40. The van der Waals surface area contributed by atoms with Crippen LogP contribution in [0.3, 0.4) is 0 Å². The molecule has 2 aliphatic rings. The standard InChI is InChI=1S/C18H27N5O2/c1-18(2)16(24)23(17(25)21-18)10-5-9-22-11-7-14(13-22)12-20-15-6-3-4-8-19-15/h3-4,6,8,14H,5,7,9-13H2,1-2H3,(H,19,20)(H,21,25). The molecule has 136 valence electrons. The average molecular weight is 345 g/mol.